The van der Waals surface area contributed by atoms with E-state index in [9.17, 15) is 0 Å². The van der Waals surface area contributed by atoms with Crippen molar-refractivity contribution in [3.63, 3.8) is 0 Å². The second kappa shape index (κ2) is 11.3. The zero-order valence-electron chi connectivity index (χ0n) is 16.3. The molecule has 6 heteroatoms. The molecule has 0 radical (unpaired) electrons. The summed E-state index contributed by atoms with van der Waals surface area (Å²) in [5.74, 6) is 1.33. The Kier molecular flexibility index (Phi) is 8.15. The Hall–Kier alpha value is -2.57. The number of morpholine rings is 1. The summed E-state index contributed by atoms with van der Waals surface area (Å²) in [6.07, 6.45) is 1.04. The monoisotopic (exact) mass is 382 g/mol. The fourth-order valence-corrected chi connectivity index (χ4v) is 3.05. The number of nitrogens with zero attached hydrogens (tertiary/aromatic N) is 2. The van der Waals surface area contributed by atoms with Crippen LogP contribution in [-0.4, -0.2) is 50.3 Å². The molecule has 2 aromatic rings. The summed E-state index contributed by atoms with van der Waals surface area (Å²) < 4.78 is 11.2. The second-order valence-corrected chi connectivity index (χ2v) is 6.86. The third kappa shape index (κ3) is 7.21. The summed E-state index contributed by atoms with van der Waals surface area (Å²) in [6.45, 7) is 6.69. The molecule has 0 aliphatic carbocycles. The maximum Gasteiger partial charge on any atom is 0.188 e. The van der Waals surface area contributed by atoms with E-state index in [2.05, 4.69) is 27.3 Å². The Bertz CT molecular complexity index is 730. The second-order valence-electron chi connectivity index (χ2n) is 6.86. The van der Waals surface area contributed by atoms with Crippen molar-refractivity contribution in [3.05, 3.63) is 65.7 Å². The van der Waals surface area contributed by atoms with Gasteiger partial charge in [0.25, 0.3) is 0 Å². The summed E-state index contributed by atoms with van der Waals surface area (Å²) in [5.41, 5.74) is 8.21. The Labute approximate surface area is 167 Å². The SMILES string of the molecule is NC(=NCc1cccc(OCc2ccccc2)c1)NCCCN1CCOCC1. The number of hydrogen-bond donors (Lipinski definition) is 2. The minimum atomic E-state index is 0.484. The van der Waals surface area contributed by atoms with Crippen LogP contribution in [0.3, 0.4) is 0 Å². The first kappa shape index (κ1) is 20.2. The molecule has 28 heavy (non-hydrogen) atoms. The molecule has 1 heterocycles. The summed E-state index contributed by atoms with van der Waals surface area (Å²) >= 11 is 0. The molecule has 1 saturated heterocycles. The van der Waals surface area contributed by atoms with Gasteiger partial charge in [-0.1, -0.05) is 42.5 Å². The number of nitrogens with one attached hydrogen (secondary N) is 1. The molecule has 3 N–H and O–H groups in total. The van der Waals surface area contributed by atoms with E-state index >= 15 is 0 Å². The fourth-order valence-electron chi connectivity index (χ4n) is 3.05. The van der Waals surface area contributed by atoms with Gasteiger partial charge in [0.2, 0.25) is 0 Å². The van der Waals surface area contributed by atoms with E-state index in [4.69, 9.17) is 15.2 Å². The number of guanidine groups is 1. The summed E-state index contributed by atoms with van der Waals surface area (Å²) in [7, 11) is 0. The molecule has 150 valence electrons. The average molecular weight is 383 g/mol. The van der Waals surface area contributed by atoms with Crippen LogP contribution in [0.1, 0.15) is 17.5 Å². The quantitative estimate of drug-likeness (QED) is 0.396. The van der Waals surface area contributed by atoms with Crippen LogP contribution in [0, 0.1) is 0 Å². The van der Waals surface area contributed by atoms with Gasteiger partial charge >= 0.3 is 0 Å². The fraction of sp³-hybridized carbons (Fsp3) is 0.409. The molecule has 0 bridgehead atoms. The van der Waals surface area contributed by atoms with E-state index in [1.165, 1.54) is 0 Å². The first-order valence-electron chi connectivity index (χ1n) is 9.89. The van der Waals surface area contributed by atoms with Crippen molar-refractivity contribution in [3.8, 4) is 5.75 Å². The van der Waals surface area contributed by atoms with Crippen LogP contribution in [0.2, 0.25) is 0 Å². The number of nitrogens with two attached hydrogens (primary N) is 1. The van der Waals surface area contributed by atoms with E-state index in [-0.39, 0.29) is 0 Å². The van der Waals surface area contributed by atoms with Gasteiger partial charge < -0.3 is 20.5 Å². The molecule has 6 nitrogen and oxygen atoms in total. The number of hydrogen-bond acceptors (Lipinski definition) is 4. The van der Waals surface area contributed by atoms with Crippen molar-refractivity contribution >= 4 is 5.96 Å². The molecule has 1 aliphatic rings. The van der Waals surface area contributed by atoms with Crippen molar-refractivity contribution in [2.45, 2.75) is 19.6 Å². The first-order chi connectivity index (χ1) is 13.8. The lowest BCUT2D eigenvalue weighted by Gasteiger charge is -2.26. The molecule has 0 unspecified atom stereocenters. The maximum absolute atomic E-state index is 5.99. The molecule has 2 aromatic carbocycles. The van der Waals surface area contributed by atoms with Crippen LogP contribution in [0.25, 0.3) is 0 Å². The van der Waals surface area contributed by atoms with Crippen molar-refractivity contribution in [1.82, 2.24) is 10.2 Å². The highest BCUT2D eigenvalue weighted by molar-refractivity contribution is 5.77. The van der Waals surface area contributed by atoms with Crippen LogP contribution in [0.4, 0.5) is 0 Å². The van der Waals surface area contributed by atoms with E-state index in [1.54, 1.807) is 0 Å². The lowest BCUT2D eigenvalue weighted by Crippen LogP contribution is -2.39. The Morgan fingerprint density at radius 3 is 2.68 bits per heavy atom. The van der Waals surface area contributed by atoms with Gasteiger partial charge in [0.15, 0.2) is 5.96 Å². The largest absolute Gasteiger partial charge is 0.489 e. The van der Waals surface area contributed by atoms with E-state index in [1.807, 2.05) is 42.5 Å². The summed E-state index contributed by atoms with van der Waals surface area (Å²) in [5, 5.41) is 3.19. The van der Waals surface area contributed by atoms with Gasteiger partial charge in [-0.05, 0) is 36.2 Å². The van der Waals surface area contributed by atoms with Gasteiger partial charge in [-0.15, -0.1) is 0 Å². The van der Waals surface area contributed by atoms with Gasteiger partial charge in [-0.25, -0.2) is 4.99 Å². The number of rotatable bonds is 9. The van der Waals surface area contributed by atoms with E-state index < -0.39 is 0 Å². The Balaban J connectivity index is 1.37. The number of aliphatic imine (C=N–C) groups is 1. The normalized spacial score (nSPS) is 15.4. The molecule has 0 atom stereocenters. The lowest BCUT2D eigenvalue weighted by molar-refractivity contribution is 0.0376. The highest BCUT2D eigenvalue weighted by Crippen LogP contribution is 2.15. The van der Waals surface area contributed by atoms with E-state index in [0.29, 0.717) is 19.1 Å². The molecule has 1 aliphatic heterocycles. The minimum Gasteiger partial charge on any atom is -0.489 e. The Morgan fingerprint density at radius 2 is 1.86 bits per heavy atom. The summed E-state index contributed by atoms with van der Waals surface area (Å²) in [4.78, 5) is 6.85. The molecule has 0 aromatic heterocycles. The predicted molar refractivity (Wildman–Crippen MR) is 112 cm³/mol. The average Bonchev–Trinajstić information content (AvgIpc) is 2.76. The van der Waals surface area contributed by atoms with Crippen LogP contribution in [0.5, 0.6) is 5.75 Å². The summed E-state index contributed by atoms with van der Waals surface area (Å²) in [6, 6.07) is 18.1. The van der Waals surface area contributed by atoms with Crippen LogP contribution in [-0.2, 0) is 17.9 Å². The number of benzene rings is 2. The minimum absolute atomic E-state index is 0.484. The van der Waals surface area contributed by atoms with Crippen LogP contribution < -0.4 is 15.8 Å². The molecule has 0 amide bonds. The topological polar surface area (TPSA) is 72.1 Å². The predicted octanol–water partition coefficient (Wildman–Crippen LogP) is 2.39. The third-order valence-corrected chi connectivity index (χ3v) is 4.64. The molecule has 1 fully saturated rings. The zero-order chi connectivity index (χ0) is 19.4. The standard InChI is InChI=1S/C22H30N4O2/c23-22(24-10-5-11-26-12-14-27-15-13-26)25-17-20-8-4-9-21(16-20)28-18-19-6-2-1-3-7-19/h1-4,6-9,16H,5,10-15,17-18H2,(H3,23,24,25). The molecular formula is C22H30N4O2. The van der Waals surface area contributed by atoms with E-state index in [0.717, 1.165) is 62.7 Å². The molecular weight excluding hydrogens is 352 g/mol. The highest BCUT2D eigenvalue weighted by atomic mass is 16.5. The van der Waals surface area contributed by atoms with Crippen molar-refractivity contribution < 1.29 is 9.47 Å². The highest BCUT2D eigenvalue weighted by Gasteiger charge is 2.09. The third-order valence-electron chi connectivity index (χ3n) is 4.64. The van der Waals surface area contributed by atoms with Gasteiger partial charge in [0.1, 0.15) is 12.4 Å². The maximum atomic E-state index is 5.99. The van der Waals surface area contributed by atoms with Gasteiger partial charge in [-0.3, -0.25) is 4.90 Å². The van der Waals surface area contributed by atoms with Crippen molar-refractivity contribution in [2.75, 3.05) is 39.4 Å². The van der Waals surface area contributed by atoms with Gasteiger partial charge in [-0.2, -0.15) is 0 Å². The lowest BCUT2D eigenvalue weighted by atomic mass is 10.2. The van der Waals surface area contributed by atoms with Crippen LogP contribution in [0.15, 0.2) is 59.6 Å². The number of ether oxygens (including phenoxy) is 2. The smallest absolute Gasteiger partial charge is 0.188 e. The Morgan fingerprint density at radius 1 is 1.07 bits per heavy atom. The zero-order valence-corrected chi connectivity index (χ0v) is 16.3. The van der Waals surface area contributed by atoms with Crippen LogP contribution >= 0.6 is 0 Å². The van der Waals surface area contributed by atoms with Gasteiger partial charge in [0, 0.05) is 19.6 Å². The van der Waals surface area contributed by atoms with Crippen molar-refractivity contribution in [2.24, 2.45) is 10.7 Å². The van der Waals surface area contributed by atoms with Crippen molar-refractivity contribution in [1.29, 1.82) is 0 Å². The van der Waals surface area contributed by atoms with Gasteiger partial charge in [0.05, 0.1) is 19.8 Å². The molecule has 0 spiro atoms. The molecule has 3 rings (SSSR count). The molecule has 0 saturated carbocycles. The first-order valence-corrected chi connectivity index (χ1v) is 9.89.